The largest absolute Gasteiger partial charge is 0.480 e. The molecule has 0 spiro atoms. The highest BCUT2D eigenvalue weighted by molar-refractivity contribution is 6.08. The van der Waals surface area contributed by atoms with E-state index in [9.17, 15) is 36.7 Å². The summed E-state index contributed by atoms with van der Waals surface area (Å²) in [5.74, 6) is -3.14. The fraction of sp³-hybridized carbons (Fsp3) is 0.261. The van der Waals surface area contributed by atoms with E-state index >= 15 is 0 Å². The molecule has 2 atom stereocenters. The third kappa shape index (κ3) is 3.57. The molecule has 0 radical (unpaired) electrons. The van der Waals surface area contributed by atoms with E-state index in [1.54, 1.807) is 0 Å². The van der Waals surface area contributed by atoms with Crippen LogP contribution in [0.1, 0.15) is 50.7 Å². The first-order valence-electron chi connectivity index (χ1n) is 10.4. The first-order valence-corrected chi connectivity index (χ1v) is 10.4. The molecule has 3 aliphatic heterocycles. The van der Waals surface area contributed by atoms with Gasteiger partial charge >= 0.3 is 17.8 Å². The van der Waals surface area contributed by atoms with Crippen LogP contribution in [0.25, 0.3) is 0 Å². The maximum Gasteiger partial charge on any atom is 0.480 e. The maximum atomic E-state index is 13.6. The number of amides is 4. The van der Waals surface area contributed by atoms with Gasteiger partial charge in [0.05, 0.1) is 5.56 Å². The Bertz CT molecular complexity index is 1320. The van der Waals surface area contributed by atoms with Crippen LogP contribution in [0.15, 0.2) is 42.5 Å². The summed E-state index contributed by atoms with van der Waals surface area (Å²) < 4.78 is 54.8. The zero-order valence-corrected chi connectivity index (χ0v) is 17.4. The minimum Gasteiger partial charge on any atom is -0.322 e. The molecule has 0 aliphatic carbocycles. The average Bonchev–Trinajstić information content (AvgIpc) is 3.46. The van der Waals surface area contributed by atoms with Crippen LogP contribution < -0.4 is 5.32 Å². The van der Waals surface area contributed by atoms with Crippen molar-refractivity contribution in [3.05, 3.63) is 70.5 Å². The molecule has 1 N–H and O–H groups in total. The van der Waals surface area contributed by atoms with Crippen LogP contribution in [0.5, 0.6) is 0 Å². The molecule has 3 heterocycles. The molecular formula is C23H16F4N3O4+. The molecule has 11 heteroatoms. The lowest BCUT2D eigenvalue weighted by atomic mass is 10.0. The zero-order chi connectivity index (χ0) is 24.4. The molecule has 1 unspecified atom stereocenters. The summed E-state index contributed by atoms with van der Waals surface area (Å²) >= 11 is 0. The number of benzene rings is 2. The van der Waals surface area contributed by atoms with Crippen LogP contribution in [0.3, 0.4) is 0 Å². The van der Waals surface area contributed by atoms with Crippen LogP contribution in [0, 0.1) is 5.82 Å². The number of hydrogen-bond donors (Lipinski definition) is 1. The van der Waals surface area contributed by atoms with Crippen LogP contribution in [0.2, 0.25) is 0 Å². The van der Waals surface area contributed by atoms with E-state index in [1.165, 1.54) is 35.2 Å². The monoisotopic (exact) mass is 474 g/mol. The Hall–Kier alpha value is -3.89. The Morgan fingerprint density at radius 1 is 1.09 bits per heavy atom. The smallest absolute Gasteiger partial charge is 0.322 e. The standard InChI is InChI=1S/C23H15F4N3O4/c24-14-3-1-2-11(9-14)18-19(23(25,26)27)30(18)21(33)12-4-5-15-13(8-12)10-29(22(15)34)16-6-7-17(31)28-20(16)32/h1-5,8-9,16,18H,6-7,10H2/p+1/t16?,18-/m0/s1. The third-order valence-corrected chi connectivity index (χ3v) is 6.15. The number of imide groups is 1. The average molecular weight is 474 g/mol. The van der Waals surface area contributed by atoms with Gasteiger partial charge in [-0.25, -0.2) is 9.18 Å². The first kappa shape index (κ1) is 21.9. The molecule has 7 nitrogen and oxygen atoms in total. The molecule has 1 fully saturated rings. The fourth-order valence-electron chi connectivity index (χ4n) is 4.54. The molecule has 0 bridgehead atoms. The van der Waals surface area contributed by atoms with Crippen molar-refractivity contribution < 1.29 is 41.3 Å². The normalized spacial score (nSPS) is 22.1. The molecule has 0 saturated carbocycles. The van der Waals surface area contributed by atoms with Gasteiger partial charge in [-0.15, -0.1) is 4.58 Å². The zero-order valence-electron chi connectivity index (χ0n) is 17.4. The highest BCUT2D eigenvalue weighted by atomic mass is 19.4. The van der Waals surface area contributed by atoms with Crippen LogP contribution >= 0.6 is 0 Å². The molecule has 2 aromatic rings. The second-order valence-electron chi connectivity index (χ2n) is 8.29. The summed E-state index contributed by atoms with van der Waals surface area (Å²) in [7, 11) is 0. The minimum atomic E-state index is -4.79. The van der Waals surface area contributed by atoms with Gasteiger partial charge in [0.15, 0.2) is 0 Å². The Balaban J connectivity index is 1.42. The molecule has 4 amide bonds. The van der Waals surface area contributed by atoms with E-state index in [4.69, 9.17) is 0 Å². The fourth-order valence-corrected chi connectivity index (χ4v) is 4.54. The lowest BCUT2D eigenvalue weighted by Crippen LogP contribution is -2.52. The molecular weight excluding hydrogens is 458 g/mol. The SMILES string of the molecule is O=C1CCC(N2Cc3cc(C(=O)[N+]4=C(C(F)(F)F)[C@@H]4c4cccc(F)c4)ccc3C2=O)C(=O)N1. The number of nitrogens with one attached hydrogen (secondary N) is 1. The number of alkyl halides is 3. The van der Waals surface area contributed by atoms with Gasteiger partial charge in [0.2, 0.25) is 11.8 Å². The predicted molar refractivity (Wildman–Crippen MR) is 107 cm³/mol. The van der Waals surface area contributed by atoms with E-state index in [2.05, 4.69) is 5.32 Å². The second kappa shape index (κ2) is 7.57. The Morgan fingerprint density at radius 2 is 1.85 bits per heavy atom. The molecule has 2 aromatic carbocycles. The molecule has 1 saturated heterocycles. The highest BCUT2D eigenvalue weighted by Crippen LogP contribution is 2.41. The molecule has 34 heavy (non-hydrogen) atoms. The van der Waals surface area contributed by atoms with Gasteiger partial charge in [-0.2, -0.15) is 13.2 Å². The number of halogens is 4. The van der Waals surface area contributed by atoms with E-state index in [-0.39, 0.29) is 36.1 Å². The van der Waals surface area contributed by atoms with Gasteiger partial charge in [-0.05, 0) is 42.3 Å². The summed E-state index contributed by atoms with van der Waals surface area (Å²) in [6.45, 7) is -0.0231. The maximum absolute atomic E-state index is 13.6. The third-order valence-electron chi connectivity index (χ3n) is 6.15. The van der Waals surface area contributed by atoms with Gasteiger partial charge < -0.3 is 4.90 Å². The lowest BCUT2D eigenvalue weighted by Gasteiger charge is -2.29. The van der Waals surface area contributed by atoms with Crippen molar-refractivity contribution in [3.63, 3.8) is 0 Å². The number of fused-ring (bicyclic) bond motifs is 1. The van der Waals surface area contributed by atoms with Crippen molar-refractivity contribution >= 4 is 29.3 Å². The summed E-state index contributed by atoms with van der Waals surface area (Å²) in [6, 6.07) is 6.25. The van der Waals surface area contributed by atoms with Crippen LogP contribution in [-0.2, 0) is 16.1 Å². The minimum absolute atomic E-state index is 0.000968. The quantitative estimate of drug-likeness (QED) is 0.421. The van der Waals surface area contributed by atoms with Crippen LogP contribution in [0.4, 0.5) is 17.6 Å². The van der Waals surface area contributed by atoms with Crippen molar-refractivity contribution in [3.8, 4) is 0 Å². The Morgan fingerprint density at radius 3 is 2.53 bits per heavy atom. The summed E-state index contributed by atoms with van der Waals surface area (Å²) in [5.41, 5.74) is -0.546. The van der Waals surface area contributed by atoms with Crippen molar-refractivity contribution in [2.45, 2.75) is 37.6 Å². The molecule has 5 rings (SSSR count). The van der Waals surface area contributed by atoms with Crippen molar-refractivity contribution in [1.29, 1.82) is 0 Å². The van der Waals surface area contributed by atoms with Gasteiger partial charge in [0.1, 0.15) is 11.9 Å². The number of carbonyl (C=O) groups is 4. The van der Waals surface area contributed by atoms with Gasteiger partial charge in [-0.1, -0.05) is 12.1 Å². The van der Waals surface area contributed by atoms with E-state index in [0.29, 0.717) is 10.1 Å². The van der Waals surface area contributed by atoms with Crippen molar-refractivity contribution in [2.24, 2.45) is 0 Å². The summed E-state index contributed by atoms with van der Waals surface area (Å²) in [4.78, 5) is 50.6. The first-order chi connectivity index (χ1) is 16.1. The molecule has 174 valence electrons. The lowest BCUT2D eigenvalue weighted by molar-refractivity contribution is -0.375. The van der Waals surface area contributed by atoms with E-state index in [1.807, 2.05) is 0 Å². The van der Waals surface area contributed by atoms with Crippen molar-refractivity contribution in [1.82, 2.24) is 10.2 Å². The number of nitrogens with zero attached hydrogens (tertiary/aromatic N) is 2. The van der Waals surface area contributed by atoms with Crippen LogP contribution in [-0.4, -0.2) is 51.0 Å². The highest BCUT2D eigenvalue weighted by Gasteiger charge is 2.68. The van der Waals surface area contributed by atoms with Crippen molar-refractivity contribution in [2.75, 3.05) is 0 Å². The molecule has 0 aromatic heterocycles. The number of hydrogen-bond acceptors (Lipinski definition) is 4. The van der Waals surface area contributed by atoms with Gasteiger partial charge in [0, 0.05) is 24.1 Å². The van der Waals surface area contributed by atoms with E-state index < -0.39 is 53.4 Å². The number of carbonyl (C=O) groups excluding carboxylic acids is 4. The topological polar surface area (TPSA) is 86.6 Å². The number of rotatable bonds is 3. The Labute approximate surface area is 189 Å². The second-order valence-corrected chi connectivity index (χ2v) is 8.29. The van der Waals surface area contributed by atoms with E-state index in [0.717, 1.165) is 12.1 Å². The molecule has 3 aliphatic rings. The summed E-state index contributed by atoms with van der Waals surface area (Å²) in [5, 5.41) is 2.18. The number of piperidine rings is 1. The summed E-state index contributed by atoms with van der Waals surface area (Å²) in [6.07, 6.45) is -4.56. The predicted octanol–water partition coefficient (Wildman–Crippen LogP) is 2.50. The van der Waals surface area contributed by atoms with Gasteiger partial charge in [-0.3, -0.25) is 19.7 Å². The van der Waals surface area contributed by atoms with Gasteiger partial charge in [0.25, 0.3) is 11.9 Å². The Kier molecular flexibility index (Phi) is 4.88.